The number of hydrogen-bond acceptors (Lipinski definition) is 3. The highest BCUT2D eigenvalue weighted by Gasteiger charge is 2.29. The van der Waals surface area contributed by atoms with E-state index in [0.717, 1.165) is 17.7 Å². The van der Waals surface area contributed by atoms with E-state index in [2.05, 4.69) is 36.4 Å². The van der Waals surface area contributed by atoms with Crippen molar-refractivity contribution in [1.29, 1.82) is 0 Å². The molecule has 0 saturated carbocycles. The zero-order valence-corrected chi connectivity index (χ0v) is 12.8. The standard InChI is InChI=1S/C16H23N3O2/c1-4-9-21-13-7-5-12(6-8-13)14-15(20)19-16(18-14)17-10-11(2)3/h5-8,11,14H,4,9-10H2,1-3H3,(H2,17,18,19,20). The molecule has 1 aliphatic rings. The molecule has 2 N–H and O–H groups in total. The molecular formula is C16H23N3O2. The van der Waals surface area contributed by atoms with Gasteiger partial charge in [0.2, 0.25) is 0 Å². The summed E-state index contributed by atoms with van der Waals surface area (Å²) in [6, 6.07) is 7.23. The summed E-state index contributed by atoms with van der Waals surface area (Å²) in [5, 5.41) is 5.90. The molecule has 2 rings (SSSR count). The van der Waals surface area contributed by atoms with Gasteiger partial charge in [-0.15, -0.1) is 0 Å². The van der Waals surface area contributed by atoms with E-state index in [1.165, 1.54) is 0 Å². The highest BCUT2D eigenvalue weighted by Crippen LogP contribution is 2.20. The number of amides is 1. The summed E-state index contributed by atoms with van der Waals surface area (Å²) in [7, 11) is 0. The Kier molecular flexibility index (Phi) is 5.20. The van der Waals surface area contributed by atoms with E-state index in [0.29, 0.717) is 25.0 Å². The Morgan fingerprint density at radius 1 is 1.29 bits per heavy atom. The topological polar surface area (TPSA) is 62.7 Å². The van der Waals surface area contributed by atoms with Gasteiger partial charge in [-0.05, 0) is 30.0 Å². The Balaban J connectivity index is 2.01. The number of carbonyl (C=O) groups excluding carboxylic acids is 1. The minimum atomic E-state index is -0.379. The summed E-state index contributed by atoms with van der Waals surface area (Å²) in [4.78, 5) is 16.4. The lowest BCUT2D eigenvalue weighted by atomic mass is 10.1. The van der Waals surface area contributed by atoms with Crippen LogP contribution in [0.25, 0.3) is 0 Å². The molecule has 1 saturated heterocycles. The van der Waals surface area contributed by atoms with Gasteiger partial charge in [0.05, 0.1) is 6.61 Å². The predicted molar refractivity (Wildman–Crippen MR) is 83.4 cm³/mol. The molecule has 0 aliphatic carbocycles. The molecule has 0 bridgehead atoms. The van der Waals surface area contributed by atoms with Crippen molar-refractivity contribution >= 4 is 11.9 Å². The molecule has 1 heterocycles. The van der Waals surface area contributed by atoms with Crippen LogP contribution in [-0.4, -0.2) is 25.0 Å². The van der Waals surface area contributed by atoms with E-state index in [1.807, 2.05) is 24.3 Å². The largest absolute Gasteiger partial charge is 0.494 e. The highest BCUT2D eigenvalue weighted by molar-refractivity contribution is 6.06. The number of ether oxygens (including phenoxy) is 1. The van der Waals surface area contributed by atoms with Crippen LogP contribution in [0.2, 0.25) is 0 Å². The van der Waals surface area contributed by atoms with Crippen LogP contribution in [0, 0.1) is 5.92 Å². The monoisotopic (exact) mass is 289 g/mol. The van der Waals surface area contributed by atoms with Gasteiger partial charge in [-0.25, -0.2) is 0 Å². The second kappa shape index (κ2) is 7.11. The van der Waals surface area contributed by atoms with Gasteiger partial charge in [0.15, 0.2) is 5.96 Å². The molecule has 21 heavy (non-hydrogen) atoms. The maximum absolute atomic E-state index is 12.0. The first-order valence-electron chi connectivity index (χ1n) is 7.44. The Hall–Kier alpha value is -2.04. The van der Waals surface area contributed by atoms with E-state index < -0.39 is 0 Å². The van der Waals surface area contributed by atoms with Gasteiger partial charge < -0.3 is 10.1 Å². The molecule has 1 unspecified atom stereocenters. The molecule has 1 amide bonds. The van der Waals surface area contributed by atoms with E-state index in [9.17, 15) is 4.79 Å². The molecule has 5 nitrogen and oxygen atoms in total. The molecule has 114 valence electrons. The summed E-state index contributed by atoms with van der Waals surface area (Å²) in [5.41, 5.74) is 0.908. The smallest absolute Gasteiger partial charge is 0.253 e. The van der Waals surface area contributed by atoms with Crippen LogP contribution < -0.4 is 15.4 Å². The third kappa shape index (κ3) is 4.21. The lowest BCUT2D eigenvalue weighted by Gasteiger charge is -2.10. The van der Waals surface area contributed by atoms with Crippen molar-refractivity contribution in [3.63, 3.8) is 0 Å². The summed E-state index contributed by atoms with van der Waals surface area (Å²) in [6.07, 6.45) is 0.976. The number of guanidine groups is 1. The van der Waals surface area contributed by atoms with Crippen molar-refractivity contribution in [3.8, 4) is 5.75 Å². The van der Waals surface area contributed by atoms with Crippen LogP contribution in [0.3, 0.4) is 0 Å². The van der Waals surface area contributed by atoms with Crippen molar-refractivity contribution in [2.75, 3.05) is 13.2 Å². The first kappa shape index (κ1) is 15.4. The molecule has 0 spiro atoms. The van der Waals surface area contributed by atoms with Crippen LogP contribution in [-0.2, 0) is 4.79 Å². The Morgan fingerprint density at radius 3 is 2.62 bits per heavy atom. The number of nitrogens with zero attached hydrogens (tertiary/aromatic N) is 1. The highest BCUT2D eigenvalue weighted by atomic mass is 16.5. The van der Waals surface area contributed by atoms with Gasteiger partial charge >= 0.3 is 0 Å². The average molecular weight is 289 g/mol. The van der Waals surface area contributed by atoms with Crippen LogP contribution in [0.4, 0.5) is 0 Å². The SMILES string of the molecule is CCCOc1ccc(C2NC(=NCC(C)C)NC2=O)cc1. The van der Waals surface area contributed by atoms with E-state index >= 15 is 0 Å². The number of aliphatic imine (C=N–C) groups is 1. The van der Waals surface area contributed by atoms with Crippen molar-refractivity contribution in [2.24, 2.45) is 10.9 Å². The molecule has 1 fully saturated rings. The van der Waals surface area contributed by atoms with Crippen LogP contribution in [0.15, 0.2) is 29.3 Å². The third-order valence-corrected chi connectivity index (χ3v) is 3.09. The average Bonchev–Trinajstić information content (AvgIpc) is 2.84. The number of benzene rings is 1. The fraction of sp³-hybridized carbons (Fsp3) is 0.500. The quantitative estimate of drug-likeness (QED) is 0.844. The van der Waals surface area contributed by atoms with Gasteiger partial charge in [-0.3, -0.25) is 15.1 Å². The normalized spacial score (nSPS) is 19.7. The molecular weight excluding hydrogens is 266 g/mol. The van der Waals surface area contributed by atoms with Gasteiger partial charge in [0.25, 0.3) is 5.91 Å². The molecule has 1 atom stereocenters. The first-order valence-corrected chi connectivity index (χ1v) is 7.44. The minimum Gasteiger partial charge on any atom is -0.494 e. The summed E-state index contributed by atoms with van der Waals surface area (Å²) in [6.45, 7) is 7.65. The summed E-state index contributed by atoms with van der Waals surface area (Å²) < 4.78 is 5.54. The van der Waals surface area contributed by atoms with E-state index in [-0.39, 0.29) is 11.9 Å². The minimum absolute atomic E-state index is 0.0697. The number of rotatable bonds is 6. The van der Waals surface area contributed by atoms with Crippen molar-refractivity contribution in [1.82, 2.24) is 10.6 Å². The molecule has 0 radical (unpaired) electrons. The maximum atomic E-state index is 12.0. The second-order valence-electron chi connectivity index (χ2n) is 5.57. The van der Waals surface area contributed by atoms with Crippen LogP contribution in [0.1, 0.15) is 38.8 Å². The van der Waals surface area contributed by atoms with E-state index in [4.69, 9.17) is 4.74 Å². The predicted octanol–water partition coefficient (Wildman–Crippen LogP) is 2.25. The molecule has 1 aromatic carbocycles. The molecule has 1 aliphatic heterocycles. The van der Waals surface area contributed by atoms with Crippen molar-refractivity contribution in [2.45, 2.75) is 33.2 Å². The Morgan fingerprint density at radius 2 is 2.00 bits per heavy atom. The van der Waals surface area contributed by atoms with Gasteiger partial charge in [-0.2, -0.15) is 0 Å². The lowest BCUT2D eigenvalue weighted by Crippen LogP contribution is -2.26. The second-order valence-corrected chi connectivity index (χ2v) is 5.57. The van der Waals surface area contributed by atoms with Crippen LogP contribution >= 0.6 is 0 Å². The molecule has 1 aromatic rings. The van der Waals surface area contributed by atoms with Crippen LogP contribution in [0.5, 0.6) is 5.75 Å². The Bertz CT molecular complexity index is 509. The third-order valence-electron chi connectivity index (χ3n) is 3.09. The maximum Gasteiger partial charge on any atom is 0.253 e. The first-order chi connectivity index (χ1) is 10.1. The Labute approximate surface area is 125 Å². The van der Waals surface area contributed by atoms with Crippen molar-refractivity contribution < 1.29 is 9.53 Å². The van der Waals surface area contributed by atoms with Gasteiger partial charge in [0.1, 0.15) is 11.8 Å². The number of carbonyl (C=O) groups is 1. The number of hydrogen-bond donors (Lipinski definition) is 2. The zero-order valence-electron chi connectivity index (χ0n) is 12.8. The van der Waals surface area contributed by atoms with Gasteiger partial charge in [0, 0.05) is 6.54 Å². The van der Waals surface area contributed by atoms with Crippen molar-refractivity contribution in [3.05, 3.63) is 29.8 Å². The molecule has 0 aromatic heterocycles. The zero-order chi connectivity index (χ0) is 15.2. The fourth-order valence-electron chi connectivity index (χ4n) is 2.00. The fourth-order valence-corrected chi connectivity index (χ4v) is 2.00. The van der Waals surface area contributed by atoms with Gasteiger partial charge in [-0.1, -0.05) is 32.9 Å². The summed E-state index contributed by atoms with van der Waals surface area (Å²) >= 11 is 0. The summed E-state index contributed by atoms with van der Waals surface area (Å²) in [5.74, 6) is 1.78. The lowest BCUT2D eigenvalue weighted by molar-refractivity contribution is -0.120. The number of nitrogens with one attached hydrogen (secondary N) is 2. The molecule has 5 heteroatoms. The van der Waals surface area contributed by atoms with E-state index in [1.54, 1.807) is 0 Å².